The van der Waals surface area contributed by atoms with Crippen LogP contribution in [0.2, 0.25) is 0 Å². The van der Waals surface area contributed by atoms with Gasteiger partial charge in [-0.15, -0.1) is 11.3 Å². The summed E-state index contributed by atoms with van der Waals surface area (Å²) in [6.07, 6.45) is 2.97. The second-order valence-corrected chi connectivity index (χ2v) is 6.82. The molecule has 0 aliphatic heterocycles. The average Bonchev–Trinajstić information content (AvgIpc) is 2.94. The van der Waals surface area contributed by atoms with Crippen molar-refractivity contribution in [3.8, 4) is 0 Å². The van der Waals surface area contributed by atoms with Gasteiger partial charge in [0.2, 0.25) is 10.0 Å². The van der Waals surface area contributed by atoms with Crippen molar-refractivity contribution < 1.29 is 8.42 Å². The molecule has 0 atom stereocenters. The number of hydrogen-bond acceptors (Lipinski definition) is 6. The van der Waals surface area contributed by atoms with Crippen LogP contribution in [0.4, 0.5) is 0 Å². The van der Waals surface area contributed by atoms with E-state index in [0.717, 1.165) is 11.4 Å². The molecule has 0 saturated carbocycles. The Bertz CT molecular complexity index is 640. The summed E-state index contributed by atoms with van der Waals surface area (Å²) in [5.41, 5.74) is 0.631. The lowest BCUT2D eigenvalue weighted by Crippen LogP contribution is -2.23. The normalized spacial score (nSPS) is 11.7. The van der Waals surface area contributed by atoms with E-state index in [9.17, 15) is 8.42 Å². The smallest absolute Gasteiger partial charge is 0.241 e. The highest BCUT2D eigenvalue weighted by Crippen LogP contribution is 2.19. The Kier molecular flexibility index (Phi) is 5.18. The van der Waals surface area contributed by atoms with Gasteiger partial charge in [0.25, 0.3) is 0 Å². The maximum absolute atomic E-state index is 12.1. The molecule has 0 aromatic carbocycles. The van der Waals surface area contributed by atoms with Gasteiger partial charge in [0.1, 0.15) is 6.33 Å². The van der Waals surface area contributed by atoms with Crippen LogP contribution in [0.15, 0.2) is 34.9 Å². The topological polar surface area (TPSA) is 84.0 Å². The highest BCUT2D eigenvalue weighted by atomic mass is 32.2. The number of nitrogens with one attached hydrogen (secondary N) is 2. The Labute approximate surface area is 122 Å². The van der Waals surface area contributed by atoms with Gasteiger partial charge < -0.3 is 5.32 Å². The number of rotatable bonds is 7. The number of thiophene rings is 1. The Balaban J connectivity index is 2.01. The zero-order valence-corrected chi connectivity index (χ0v) is 12.7. The molecule has 0 radical (unpaired) electrons. The van der Waals surface area contributed by atoms with E-state index in [4.69, 9.17) is 0 Å². The average molecular weight is 312 g/mol. The van der Waals surface area contributed by atoms with Crippen molar-refractivity contribution in [2.45, 2.75) is 24.9 Å². The van der Waals surface area contributed by atoms with E-state index in [-0.39, 0.29) is 6.54 Å². The fourth-order valence-electron chi connectivity index (χ4n) is 1.52. The molecule has 2 N–H and O–H groups in total. The second kappa shape index (κ2) is 6.89. The number of sulfonamides is 1. The number of nitrogens with zero attached hydrogens (tertiary/aromatic N) is 2. The summed E-state index contributed by atoms with van der Waals surface area (Å²) < 4.78 is 26.8. The van der Waals surface area contributed by atoms with Crippen molar-refractivity contribution in [2.24, 2.45) is 0 Å². The van der Waals surface area contributed by atoms with Gasteiger partial charge in [0, 0.05) is 23.0 Å². The number of hydrogen-bond donors (Lipinski definition) is 2. The summed E-state index contributed by atoms with van der Waals surface area (Å²) in [6.45, 7) is 3.70. The second-order valence-electron chi connectivity index (χ2n) is 4.05. The van der Waals surface area contributed by atoms with E-state index < -0.39 is 10.0 Å². The Morgan fingerprint density at radius 2 is 2.20 bits per heavy atom. The van der Waals surface area contributed by atoms with E-state index in [0.29, 0.717) is 17.1 Å². The molecule has 0 aliphatic carbocycles. The van der Waals surface area contributed by atoms with Crippen molar-refractivity contribution in [3.63, 3.8) is 0 Å². The SMILES string of the molecule is CCNCc1cc(S(=O)(=O)NCc2ccncn2)cs1. The molecule has 20 heavy (non-hydrogen) atoms. The van der Waals surface area contributed by atoms with Crippen LogP contribution in [0.1, 0.15) is 17.5 Å². The van der Waals surface area contributed by atoms with Gasteiger partial charge in [-0.1, -0.05) is 6.92 Å². The Morgan fingerprint density at radius 1 is 1.35 bits per heavy atom. The summed E-state index contributed by atoms with van der Waals surface area (Å²) >= 11 is 1.43. The first-order chi connectivity index (χ1) is 9.62. The quantitative estimate of drug-likeness (QED) is 0.800. The molecule has 2 aromatic rings. The minimum Gasteiger partial charge on any atom is -0.312 e. The molecule has 8 heteroatoms. The summed E-state index contributed by atoms with van der Waals surface area (Å²) in [5.74, 6) is 0. The van der Waals surface area contributed by atoms with Crippen molar-refractivity contribution in [1.29, 1.82) is 0 Å². The standard InChI is InChI=1S/C12H16N4O2S2/c1-2-13-7-11-5-12(8-19-11)20(17,18)16-6-10-3-4-14-9-15-10/h3-5,8-9,13,16H,2,6-7H2,1H3. The van der Waals surface area contributed by atoms with Gasteiger partial charge in [-0.2, -0.15) is 0 Å². The van der Waals surface area contributed by atoms with Gasteiger partial charge in [-0.05, 0) is 18.7 Å². The molecular weight excluding hydrogens is 296 g/mol. The van der Waals surface area contributed by atoms with Crippen LogP contribution >= 0.6 is 11.3 Å². The maximum Gasteiger partial charge on any atom is 0.241 e. The van der Waals surface area contributed by atoms with Gasteiger partial charge in [0.05, 0.1) is 17.1 Å². The van der Waals surface area contributed by atoms with Gasteiger partial charge >= 0.3 is 0 Å². The van der Waals surface area contributed by atoms with Crippen molar-refractivity contribution >= 4 is 21.4 Å². The van der Waals surface area contributed by atoms with Crippen LogP contribution in [-0.2, 0) is 23.1 Å². The van der Waals surface area contributed by atoms with Gasteiger partial charge in [-0.3, -0.25) is 0 Å². The molecule has 0 unspecified atom stereocenters. The zero-order valence-electron chi connectivity index (χ0n) is 11.0. The maximum atomic E-state index is 12.1. The van der Waals surface area contributed by atoms with Crippen molar-refractivity contribution in [3.05, 3.63) is 40.6 Å². The Hall–Kier alpha value is -1.35. The highest BCUT2D eigenvalue weighted by molar-refractivity contribution is 7.89. The molecule has 0 spiro atoms. The fourth-order valence-corrected chi connectivity index (χ4v) is 3.76. The minimum absolute atomic E-state index is 0.156. The molecule has 2 aromatic heterocycles. The summed E-state index contributed by atoms with van der Waals surface area (Å²) in [5, 5.41) is 4.81. The van der Waals surface area contributed by atoms with E-state index >= 15 is 0 Å². The molecule has 2 rings (SSSR count). The predicted octanol–water partition coefficient (Wildman–Crippen LogP) is 1.13. The fraction of sp³-hybridized carbons (Fsp3) is 0.333. The zero-order chi connectivity index (χ0) is 14.4. The summed E-state index contributed by atoms with van der Waals surface area (Å²) in [7, 11) is -3.49. The van der Waals surface area contributed by atoms with E-state index in [1.807, 2.05) is 6.92 Å². The first kappa shape index (κ1) is 15.0. The lowest BCUT2D eigenvalue weighted by atomic mass is 10.4. The molecule has 0 bridgehead atoms. The molecule has 0 amide bonds. The van der Waals surface area contributed by atoms with E-state index in [1.54, 1.807) is 23.7 Å². The van der Waals surface area contributed by atoms with E-state index in [1.165, 1.54) is 17.7 Å². The van der Waals surface area contributed by atoms with Crippen LogP contribution in [0.3, 0.4) is 0 Å². The first-order valence-corrected chi connectivity index (χ1v) is 8.51. The van der Waals surface area contributed by atoms with E-state index in [2.05, 4.69) is 20.0 Å². The molecule has 0 aliphatic rings. The third kappa shape index (κ3) is 4.07. The Morgan fingerprint density at radius 3 is 2.90 bits per heavy atom. The summed E-state index contributed by atoms with van der Waals surface area (Å²) in [6, 6.07) is 3.36. The van der Waals surface area contributed by atoms with Crippen molar-refractivity contribution in [2.75, 3.05) is 6.54 Å². The van der Waals surface area contributed by atoms with Crippen LogP contribution in [-0.4, -0.2) is 24.9 Å². The predicted molar refractivity (Wildman–Crippen MR) is 77.8 cm³/mol. The monoisotopic (exact) mass is 312 g/mol. The third-order valence-corrected chi connectivity index (χ3v) is 5.04. The highest BCUT2D eigenvalue weighted by Gasteiger charge is 2.16. The first-order valence-electron chi connectivity index (χ1n) is 6.14. The molecular formula is C12H16N4O2S2. The molecule has 108 valence electrons. The van der Waals surface area contributed by atoms with Gasteiger partial charge in [0.15, 0.2) is 0 Å². The van der Waals surface area contributed by atoms with Crippen LogP contribution in [0.5, 0.6) is 0 Å². The molecule has 6 nitrogen and oxygen atoms in total. The largest absolute Gasteiger partial charge is 0.312 e. The van der Waals surface area contributed by atoms with Crippen molar-refractivity contribution in [1.82, 2.24) is 20.0 Å². The third-order valence-electron chi connectivity index (χ3n) is 2.58. The van der Waals surface area contributed by atoms with Crippen LogP contribution in [0.25, 0.3) is 0 Å². The molecule has 0 fully saturated rings. The van der Waals surface area contributed by atoms with Crippen LogP contribution < -0.4 is 10.0 Å². The minimum atomic E-state index is -3.49. The van der Waals surface area contributed by atoms with Gasteiger partial charge in [-0.25, -0.2) is 23.1 Å². The molecule has 0 saturated heterocycles. The lowest BCUT2D eigenvalue weighted by Gasteiger charge is -2.04. The lowest BCUT2D eigenvalue weighted by molar-refractivity contribution is 0.580. The molecule has 2 heterocycles. The van der Waals surface area contributed by atoms with Crippen LogP contribution in [0, 0.1) is 0 Å². The summed E-state index contributed by atoms with van der Waals surface area (Å²) in [4.78, 5) is 9.05. The number of aromatic nitrogens is 2.